The highest BCUT2D eigenvalue weighted by Crippen LogP contribution is 2.13. The van der Waals surface area contributed by atoms with Crippen LogP contribution in [-0.4, -0.2) is 28.8 Å². The van der Waals surface area contributed by atoms with Crippen molar-refractivity contribution in [3.63, 3.8) is 0 Å². The number of anilines is 1. The Morgan fingerprint density at radius 2 is 2.09 bits per heavy atom. The Hall–Kier alpha value is -2.05. The van der Waals surface area contributed by atoms with E-state index in [9.17, 15) is 9.59 Å². The maximum absolute atomic E-state index is 12.2. The summed E-state index contributed by atoms with van der Waals surface area (Å²) in [6.07, 6.45) is 2.15. The van der Waals surface area contributed by atoms with Gasteiger partial charge in [0.15, 0.2) is 0 Å². The Morgan fingerprint density at radius 3 is 2.73 bits per heavy atom. The van der Waals surface area contributed by atoms with Gasteiger partial charge in [-0.1, -0.05) is 11.6 Å². The summed E-state index contributed by atoms with van der Waals surface area (Å²) in [7, 11) is 0. The molecule has 0 aliphatic carbocycles. The van der Waals surface area contributed by atoms with Gasteiger partial charge in [-0.3, -0.25) is 9.78 Å². The quantitative estimate of drug-likeness (QED) is 0.900. The van der Waals surface area contributed by atoms with Gasteiger partial charge in [0.25, 0.3) is 5.56 Å². The number of aromatic nitrogens is 2. The predicted octanol–water partition coefficient (Wildman–Crippen LogP) is 1.77. The number of nitrogens with one attached hydrogen (secondary N) is 2. The summed E-state index contributed by atoms with van der Waals surface area (Å²) in [6.45, 7) is 1.33. The van der Waals surface area contributed by atoms with E-state index >= 15 is 0 Å². The van der Waals surface area contributed by atoms with Gasteiger partial charge in [-0.2, -0.15) is 0 Å². The number of aromatic amines is 1. The van der Waals surface area contributed by atoms with E-state index < -0.39 is 11.2 Å². The van der Waals surface area contributed by atoms with Crippen LogP contribution in [0, 0.1) is 0 Å². The van der Waals surface area contributed by atoms with Crippen LogP contribution in [-0.2, 0) is 4.74 Å². The van der Waals surface area contributed by atoms with Gasteiger partial charge < -0.3 is 10.1 Å². The third-order valence-electron chi connectivity index (χ3n) is 3.56. The van der Waals surface area contributed by atoms with E-state index in [0.29, 0.717) is 23.1 Å². The highest BCUT2D eigenvalue weighted by molar-refractivity contribution is 6.30. The molecule has 7 heteroatoms. The lowest BCUT2D eigenvalue weighted by molar-refractivity contribution is 0.120. The molecule has 0 radical (unpaired) electrons. The van der Waals surface area contributed by atoms with Crippen molar-refractivity contribution in [1.82, 2.24) is 9.55 Å². The van der Waals surface area contributed by atoms with Crippen molar-refractivity contribution >= 4 is 17.4 Å². The predicted molar refractivity (Wildman–Crippen MR) is 85.1 cm³/mol. The number of benzene rings is 1. The third-order valence-corrected chi connectivity index (χ3v) is 3.81. The van der Waals surface area contributed by atoms with Crippen LogP contribution in [0.1, 0.15) is 12.8 Å². The highest BCUT2D eigenvalue weighted by Gasteiger charge is 2.15. The van der Waals surface area contributed by atoms with Gasteiger partial charge in [0.05, 0.1) is 11.8 Å². The molecule has 0 bridgehead atoms. The second kappa shape index (κ2) is 6.37. The summed E-state index contributed by atoms with van der Waals surface area (Å²) in [4.78, 5) is 27.0. The van der Waals surface area contributed by atoms with Crippen LogP contribution in [0.4, 0.5) is 5.82 Å². The van der Waals surface area contributed by atoms with Crippen molar-refractivity contribution in [2.24, 2.45) is 0 Å². The van der Waals surface area contributed by atoms with Gasteiger partial charge in [-0.05, 0) is 37.1 Å². The molecule has 0 spiro atoms. The molecule has 2 N–H and O–H groups in total. The van der Waals surface area contributed by atoms with E-state index in [1.807, 2.05) is 0 Å². The largest absolute Gasteiger partial charge is 0.376 e. The van der Waals surface area contributed by atoms with E-state index in [0.717, 1.165) is 24.0 Å². The normalized spacial score (nSPS) is 17.6. The SMILES string of the molecule is O=c1cc(NC[C@@H]2CCCO2)[nH]c(=O)n1-c1ccc(Cl)cc1. The van der Waals surface area contributed by atoms with Crippen molar-refractivity contribution in [2.45, 2.75) is 18.9 Å². The Balaban J connectivity index is 1.83. The van der Waals surface area contributed by atoms with Crippen LogP contribution in [0.25, 0.3) is 5.69 Å². The zero-order valence-corrected chi connectivity index (χ0v) is 12.6. The lowest BCUT2D eigenvalue weighted by Crippen LogP contribution is -2.34. The number of hydrogen-bond donors (Lipinski definition) is 2. The number of hydrogen-bond acceptors (Lipinski definition) is 4. The zero-order chi connectivity index (χ0) is 15.5. The van der Waals surface area contributed by atoms with Crippen molar-refractivity contribution in [1.29, 1.82) is 0 Å². The summed E-state index contributed by atoms with van der Waals surface area (Å²) in [5.41, 5.74) is -0.424. The topological polar surface area (TPSA) is 76.1 Å². The third kappa shape index (κ3) is 3.23. The molecule has 22 heavy (non-hydrogen) atoms. The molecule has 1 aliphatic heterocycles. The van der Waals surface area contributed by atoms with Crippen LogP contribution in [0.15, 0.2) is 39.9 Å². The number of nitrogens with zero attached hydrogens (tertiary/aromatic N) is 1. The number of halogens is 1. The van der Waals surface area contributed by atoms with Crippen LogP contribution < -0.4 is 16.6 Å². The lowest BCUT2D eigenvalue weighted by Gasteiger charge is -2.12. The molecule has 116 valence electrons. The fourth-order valence-electron chi connectivity index (χ4n) is 2.45. The van der Waals surface area contributed by atoms with E-state index in [1.54, 1.807) is 24.3 Å². The minimum atomic E-state index is -0.496. The average molecular weight is 322 g/mol. The minimum Gasteiger partial charge on any atom is -0.376 e. The molecule has 3 rings (SSSR count). The molecule has 6 nitrogen and oxygen atoms in total. The van der Waals surface area contributed by atoms with E-state index in [4.69, 9.17) is 16.3 Å². The van der Waals surface area contributed by atoms with Gasteiger partial charge in [-0.15, -0.1) is 0 Å². The van der Waals surface area contributed by atoms with E-state index in [2.05, 4.69) is 10.3 Å². The summed E-state index contributed by atoms with van der Waals surface area (Å²) in [5.74, 6) is 0.399. The fraction of sp³-hybridized carbons (Fsp3) is 0.333. The molecule has 1 fully saturated rings. The maximum atomic E-state index is 12.2. The smallest absolute Gasteiger partial charge is 0.334 e. The lowest BCUT2D eigenvalue weighted by atomic mass is 10.2. The molecule has 2 heterocycles. The molecule has 0 amide bonds. The van der Waals surface area contributed by atoms with Gasteiger partial charge in [-0.25, -0.2) is 9.36 Å². The van der Waals surface area contributed by atoms with Crippen molar-refractivity contribution in [2.75, 3.05) is 18.5 Å². The average Bonchev–Trinajstić information content (AvgIpc) is 3.00. The van der Waals surface area contributed by atoms with Crippen LogP contribution in [0.5, 0.6) is 0 Å². The van der Waals surface area contributed by atoms with Gasteiger partial charge in [0.2, 0.25) is 0 Å². The zero-order valence-electron chi connectivity index (χ0n) is 11.8. The Bertz CT molecular complexity index is 730. The maximum Gasteiger partial charge on any atom is 0.334 e. The Kier molecular flexibility index (Phi) is 4.31. The Labute approximate surface area is 131 Å². The first kappa shape index (κ1) is 14.9. The first-order chi connectivity index (χ1) is 10.6. The van der Waals surface area contributed by atoms with Crippen LogP contribution >= 0.6 is 11.6 Å². The van der Waals surface area contributed by atoms with Crippen LogP contribution in [0.3, 0.4) is 0 Å². The molecular formula is C15H16ClN3O3. The van der Waals surface area contributed by atoms with Crippen molar-refractivity contribution in [3.05, 3.63) is 56.2 Å². The summed E-state index contributed by atoms with van der Waals surface area (Å²) in [6, 6.07) is 7.88. The Morgan fingerprint density at radius 1 is 1.32 bits per heavy atom. The van der Waals surface area contributed by atoms with Gasteiger partial charge in [0.1, 0.15) is 5.82 Å². The molecule has 0 saturated carbocycles. The van der Waals surface area contributed by atoms with Gasteiger partial charge in [0, 0.05) is 24.2 Å². The number of rotatable bonds is 4. The highest BCUT2D eigenvalue weighted by atomic mass is 35.5. The fourth-order valence-corrected chi connectivity index (χ4v) is 2.58. The van der Waals surface area contributed by atoms with Crippen molar-refractivity contribution in [3.8, 4) is 5.69 Å². The molecule has 1 aliphatic rings. The summed E-state index contributed by atoms with van der Waals surface area (Å²) >= 11 is 5.81. The molecular weight excluding hydrogens is 306 g/mol. The van der Waals surface area contributed by atoms with Crippen LogP contribution in [0.2, 0.25) is 5.02 Å². The molecule has 1 aromatic heterocycles. The summed E-state index contributed by atoms with van der Waals surface area (Å²) < 4.78 is 6.55. The first-order valence-corrected chi connectivity index (χ1v) is 7.49. The summed E-state index contributed by atoms with van der Waals surface area (Å²) in [5, 5.41) is 3.59. The van der Waals surface area contributed by atoms with Crippen molar-refractivity contribution < 1.29 is 4.74 Å². The number of H-pyrrole nitrogens is 1. The second-order valence-corrected chi connectivity index (χ2v) is 5.59. The standard InChI is InChI=1S/C15H16ClN3O3/c16-10-3-5-11(6-4-10)19-14(20)8-13(18-15(19)21)17-9-12-2-1-7-22-12/h3-6,8,12,17H,1-2,7,9H2,(H,18,21)/t12-/m0/s1. The monoisotopic (exact) mass is 321 g/mol. The second-order valence-electron chi connectivity index (χ2n) is 5.15. The number of ether oxygens (including phenoxy) is 1. The minimum absolute atomic E-state index is 0.127. The van der Waals surface area contributed by atoms with E-state index in [-0.39, 0.29) is 6.10 Å². The molecule has 2 aromatic rings. The molecule has 0 unspecified atom stereocenters. The van der Waals surface area contributed by atoms with E-state index in [1.165, 1.54) is 6.07 Å². The first-order valence-electron chi connectivity index (χ1n) is 7.11. The molecule has 1 saturated heterocycles. The molecule has 1 atom stereocenters. The molecule has 1 aromatic carbocycles. The van der Waals surface area contributed by atoms with Gasteiger partial charge >= 0.3 is 5.69 Å².